The van der Waals surface area contributed by atoms with Gasteiger partial charge in [0.05, 0.1) is 5.69 Å². The van der Waals surface area contributed by atoms with E-state index >= 15 is 0 Å². The molecule has 0 radical (unpaired) electrons. The number of hydrogen-bond acceptors (Lipinski definition) is 3. The van der Waals surface area contributed by atoms with Crippen molar-refractivity contribution in [2.75, 3.05) is 5.43 Å². The van der Waals surface area contributed by atoms with Gasteiger partial charge in [0.1, 0.15) is 5.71 Å². The van der Waals surface area contributed by atoms with E-state index in [1.165, 1.54) is 0 Å². The summed E-state index contributed by atoms with van der Waals surface area (Å²) < 4.78 is 0. The number of para-hydroxylation sites is 2. The number of nitrogens with zero attached hydrogens (tertiary/aromatic N) is 1. The number of nitrogens with one attached hydrogen (secondary N) is 2. The molecule has 126 valence electrons. The number of hydrogen-bond donors (Lipinski definition) is 2. The molecule has 0 aliphatic heterocycles. The second-order valence-electron chi connectivity index (χ2n) is 5.88. The molecule has 0 spiro atoms. The van der Waals surface area contributed by atoms with Crippen LogP contribution in [0.5, 0.6) is 0 Å². The van der Waals surface area contributed by atoms with Gasteiger partial charge in [-0.1, -0.05) is 66.7 Å². The summed E-state index contributed by atoms with van der Waals surface area (Å²) in [5, 5.41) is 5.32. The lowest BCUT2D eigenvalue weighted by Gasteiger charge is -2.07. The molecule has 1 heterocycles. The molecule has 4 heteroatoms. The van der Waals surface area contributed by atoms with Gasteiger partial charge in [-0.25, -0.2) is 0 Å². The number of aromatic amines is 1. The normalized spacial score (nSPS) is 11.5. The quantitative estimate of drug-likeness (QED) is 0.310. The topological polar surface area (TPSA) is 57.2 Å². The summed E-state index contributed by atoms with van der Waals surface area (Å²) in [5.74, 6) is -0.128. The minimum Gasteiger partial charge on any atom is -0.360 e. The number of carbonyl (C=O) groups excluding carboxylic acids is 1. The number of H-pyrrole nitrogens is 1. The molecule has 1 aromatic heterocycles. The molecule has 4 nitrogen and oxygen atoms in total. The number of hydrazone groups is 1. The van der Waals surface area contributed by atoms with E-state index < -0.39 is 0 Å². The largest absolute Gasteiger partial charge is 0.360 e. The summed E-state index contributed by atoms with van der Waals surface area (Å²) in [6.45, 7) is 0. The molecule has 4 aromatic rings. The Morgan fingerprint density at radius 2 is 1.46 bits per heavy atom. The predicted octanol–water partition coefficient (Wildman–Crippen LogP) is 4.87. The second kappa shape index (κ2) is 7.07. The van der Waals surface area contributed by atoms with Crippen molar-refractivity contribution < 1.29 is 4.79 Å². The molecule has 0 unspecified atom stereocenters. The molecule has 3 aromatic carbocycles. The standard InChI is InChI=1S/C22H17N3O/c26-22(19-15-23-20-14-8-7-13-18(19)20)21(16-9-3-1-4-10-16)25-24-17-11-5-2-6-12-17/h1-15,23-24H/b25-21+. The van der Waals surface area contributed by atoms with Crippen LogP contribution in [0, 0.1) is 0 Å². The fourth-order valence-corrected chi connectivity index (χ4v) is 2.86. The molecule has 0 atom stereocenters. The molecule has 0 fully saturated rings. The maximum atomic E-state index is 13.3. The number of aromatic nitrogens is 1. The van der Waals surface area contributed by atoms with Crippen LogP contribution in [0.4, 0.5) is 5.69 Å². The van der Waals surface area contributed by atoms with Crippen LogP contribution in [0.3, 0.4) is 0 Å². The van der Waals surface area contributed by atoms with E-state index in [0.29, 0.717) is 11.3 Å². The molecule has 0 amide bonds. The Morgan fingerprint density at radius 3 is 2.23 bits per heavy atom. The van der Waals surface area contributed by atoms with Crippen molar-refractivity contribution in [3.05, 3.63) is 102 Å². The van der Waals surface area contributed by atoms with Gasteiger partial charge >= 0.3 is 0 Å². The van der Waals surface area contributed by atoms with Crippen molar-refractivity contribution in [3.63, 3.8) is 0 Å². The minimum absolute atomic E-state index is 0.128. The van der Waals surface area contributed by atoms with Crippen molar-refractivity contribution in [2.24, 2.45) is 5.10 Å². The second-order valence-corrected chi connectivity index (χ2v) is 5.88. The Hall–Kier alpha value is -3.66. The number of fused-ring (bicyclic) bond motifs is 1. The van der Waals surface area contributed by atoms with Crippen LogP contribution in [0.1, 0.15) is 15.9 Å². The Balaban J connectivity index is 1.76. The van der Waals surface area contributed by atoms with Crippen LogP contribution in [-0.4, -0.2) is 16.5 Å². The highest BCUT2D eigenvalue weighted by Crippen LogP contribution is 2.20. The Kier molecular flexibility index (Phi) is 4.31. The molecular formula is C22H17N3O. The first-order valence-corrected chi connectivity index (χ1v) is 8.38. The van der Waals surface area contributed by atoms with Gasteiger partial charge in [0, 0.05) is 28.2 Å². The summed E-state index contributed by atoms with van der Waals surface area (Å²) in [7, 11) is 0. The van der Waals surface area contributed by atoms with Crippen LogP contribution < -0.4 is 5.43 Å². The zero-order valence-corrected chi connectivity index (χ0v) is 14.0. The molecule has 0 aliphatic rings. The fourth-order valence-electron chi connectivity index (χ4n) is 2.86. The maximum Gasteiger partial charge on any atom is 0.215 e. The highest BCUT2D eigenvalue weighted by molar-refractivity contribution is 6.53. The zero-order valence-electron chi connectivity index (χ0n) is 14.0. The van der Waals surface area contributed by atoms with Crippen LogP contribution in [-0.2, 0) is 0 Å². The molecule has 0 saturated carbocycles. The van der Waals surface area contributed by atoms with Gasteiger partial charge in [-0.15, -0.1) is 0 Å². The smallest absolute Gasteiger partial charge is 0.215 e. The highest BCUT2D eigenvalue weighted by atomic mass is 16.1. The summed E-state index contributed by atoms with van der Waals surface area (Å²) in [6.07, 6.45) is 1.74. The number of rotatable bonds is 5. The third-order valence-electron chi connectivity index (χ3n) is 4.17. The average Bonchev–Trinajstić information content (AvgIpc) is 3.14. The molecule has 0 bridgehead atoms. The van der Waals surface area contributed by atoms with Gasteiger partial charge < -0.3 is 4.98 Å². The third kappa shape index (κ3) is 3.13. The summed E-state index contributed by atoms with van der Waals surface area (Å²) in [5.41, 5.74) is 6.50. The van der Waals surface area contributed by atoms with Crippen molar-refractivity contribution in [1.29, 1.82) is 0 Å². The number of benzene rings is 3. The van der Waals surface area contributed by atoms with Gasteiger partial charge in [0.2, 0.25) is 5.78 Å². The summed E-state index contributed by atoms with van der Waals surface area (Å²) in [6, 6.07) is 26.8. The van der Waals surface area contributed by atoms with Crippen molar-refractivity contribution >= 4 is 28.1 Å². The van der Waals surface area contributed by atoms with Gasteiger partial charge in [-0.05, 0) is 18.2 Å². The Labute approximate surface area is 151 Å². The lowest BCUT2D eigenvalue weighted by atomic mass is 10.0. The lowest BCUT2D eigenvalue weighted by Crippen LogP contribution is -2.17. The molecule has 4 rings (SSSR count). The van der Waals surface area contributed by atoms with Crippen LogP contribution in [0.25, 0.3) is 10.9 Å². The van der Waals surface area contributed by atoms with Crippen LogP contribution >= 0.6 is 0 Å². The van der Waals surface area contributed by atoms with Gasteiger partial charge in [0.15, 0.2) is 0 Å². The monoisotopic (exact) mass is 339 g/mol. The number of ketones is 1. The summed E-state index contributed by atoms with van der Waals surface area (Å²) >= 11 is 0. The van der Waals surface area contributed by atoms with E-state index in [4.69, 9.17) is 0 Å². The predicted molar refractivity (Wildman–Crippen MR) is 106 cm³/mol. The molecule has 26 heavy (non-hydrogen) atoms. The molecule has 0 aliphatic carbocycles. The van der Waals surface area contributed by atoms with E-state index in [2.05, 4.69) is 15.5 Å². The van der Waals surface area contributed by atoms with E-state index in [-0.39, 0.29) is 5.78 Å². The first kappa shape index (κ1) is 15.8. The first-order chi connectivity index (χ1) is 12.8. The summed E-state index contributed by atoms with van der Waals surface area (Å²) in [4.78, 5) is 16.4. The SMILES string of the molecule is O=C(/C(=N/Nc1ccccc1)c1ccccc1)c1c[nH]c2ccccc12. The van der Waals surface area contributed by atoms with E-state index in [1.807, 2.05) is 84.9 Å². The number of anilines is 1. The molecule has 0 saturated heterocycles. The van der Waals surface area contributed by atoms with Crippen LogP contribution in [0.2, 0.25) is 0 Å². The maximum absolute atomic E-state index is 13.3. The lowest BCUT2D eigenvalue weighted by molar-refractivity contribution is 0.106. The van der Waals surface area contributed by atoms with Gasteiger partial charge in [-0.2, -0.15) is 5.10 Å². The van der Waals surface area contributed by atoms with Gasteiger partial charge in [-0.3, -0.25) is 10.2 Å². The minimum atomic E-state index is -0.128. The highest BCUT2D eigenvalue weighted by Gasteiger charge is 2.19. The third-order valence-corrected chi connectivity index (χ3v) is 4.17. The zero-order chi connectivity index (χ0) is 17.8. The van der Waals surface area contributed by atoms with Crippen molar-refractivity contribution in [2.45, 2.75) is 0 Å². The van der Waals surface area contributed by atoms with Crippen molar-refractivity contribution in [1.82, 2.24) is 4.98 Å². The van der Waals surface area contributed by atoms with Crippen molar-refractivity contribution in [3.8, 4) is 0 Å². The molecule has 2 N–H and O–H groups in total. The average molecular weight is 339 g/mol. The molecular weight excluding hydrogens is 322 g/mol. The van der Waals surface area contributed by atoms with E-state index in [0.717, 1.165) is 22.2 Å². The van der Waals surface area contributed by atoms with E-state index in [1.54, 1.807) is 6.20 Å². The van der Waals surface area contributed by atoms with Crippen LogP contribution in [0.15, 0.2) is 96.2 Å². The number of carbonyl (C=O) groups is 1. The fraction of sp³-hybridized carbons (Fsp3) is 0. The van der Waals surface area contributed by atoms with Gasteiger partial charge in [0.25, 0.3) is 0 Å². The Morgan fingerprint density at radius 1 is 0.808 bits per heavy atom. The number of Topliss-reactive ketones (excluding diaryl/α,β-unsaturated/α-hetero) is 1. The first-order valence-electron chi connectivity index (χ1n) is 8.38. The Bertz CT molecular complexity index is 1070. The van der Waals surface area contributed by atoms with E-state index in [9.17, 15) is 4.79 Å².